The Hall–Kier alpha value is -2.90. The number of nitrogens with zero attached hydrogens (tertiary/aromatic N) is 6. The van der Waals surface area contributed by atoms with Gasteiger partial charge in [-0.05, 0) is 31.9 Å². The van der Waals surface area contributed by atoms with E-state index < -0.39 is 0 Å². The molecule has 3 aromatic heterocycles. The van der Waals surface area contributed by atoms with Gasteiger partial charge in [-0.15, -0.1) is 10.2 Å². The summed E-state index contributed by atoms with van der Waals surface area (Å²) < 4.78 is 9.02. The monoisotopic (exact) mass is 340 g/mol. The van der Waals surface area contributed by atoms with E-state index >= 15 is 0 Å². The molecule has 1 aliphatic heterocycles. The van der Waals surface area contributed by atoms with Gasteiger partial charge in [0.05, 0.1) is 30.0 Å². The molecular weight excluding hydrogens is 320 g/mol. The number of ether oxygens (including phenoxy) is 1. The highest BCUT2D eigenvalue weighted by molar-refractivity contribution is 5.94. The van der Waals surface area contributed by atoms with Gasteiger partial charge < -0.3 is 9.64 Å². The number of rotatable bonds is 3. The topological polar surface area (TPSA) is 77.6 Å². The van der Waals surface area contributed by atoms with Crippen LogP contribution in [0.5, 0.6) is 5.88 Å². The molecule has 8 nitrogen and oxygen atoms in total. The third-order valence-electron chi connectivity index (χ3n) is 4.79. The minimum Gasteiger partial charge on any atom is -0.481 e. The standard InChI is InChI=1S/C17H20N6O2/c1-11-15(17(25-3)21(2)20-11)13-5-4-8-23(13)16(24)12-6-7-14-19-18-10-22(14)9-12/h6-7,9-10,13H,4-5,8H2,1-3H3. The molecule has 0 N–H and O–H groups in total. The molecule has 1 aliphatic rings. The van der Waals surface area contributed by atoms with Crippen molar-refractivity contribution in [3.05, 3.63) is 41.5 Å². The molecule has 4 rings (SSSR count). The molecule has 0 aliphatic carbocycles. The summed E-state index contributed by atoms with van der Waals surface area (Å²) in [5.74, 6) is 0.722. The summed E-state index contributed by atoms with van der Waals surface area (Å²) >= 11 is 0. The maximum atomic E-state index is 13.1. The number of pyridine rings is 1. The first kappa shape index (κ1) is 15.6. The maximum absolute atomic E-state index is 13.1. The Morgan fingerprint density at radius 2 is 2.20 bits per heavy atom. The van der Waals surface area contributed by atoms with Crippen molar-refractivity contribution in [2.45, 2.75) is 25.8 Å². The van der Waals surface area contributed by atoms with Gasteiger partial charge in [0.1, 0.15) is 6.33 Å². The first-order valence-electron chi connectivity index (χ1n) is 8.28. The van der Waals surface area contributed by atoms with Crippen molar-refractivity contribution in [1.29, 1.82) is 0 Å². The maximum Gasteiger partial charge on any atom is 0.255 e. The van der Waals surface area contributed by atoms with Crippen LogP contribution in [-0.2, 0) is 7.05 Å². The van der Waals surface area contributed by atoms with E-state index in [9.17, 15) is 4.79 Å². The molecule has 0 radical (unpaired) electrons. The first-order chi connectivity index (χ1) is 12.1. The number of aryl methyl sites for hydroxylation is 2. The third-order valence-corrected chi connectivity index (χ3v) is 4.79. The van der Waals surface area contributed by atoms with Gasteiger partial charge in [0.15, 0.2) is 5.65 Å². The second-order valence-corrected chi connectivity index (χ2v) is 6.30. The second-order valence-electron chi connectivity index (χ2n) is 6.30. The number of amides is 1. The Balaban J connectivity index is 1.70. The summed E-state index contributed by atoms with van der Waals surface area (Å²) in [6, 6.07) is 3.59. The van der Waals surface area contributed by atoms with E-state index in [2.05, 4.69) is 15.3 Å². The van der Waals surface area contributed by atoms with E-state index in [1.807, 2.05) is 18.9 Å². The van der Waals surface area contributed by atoms with Gasteiger partial charge in [-0.2, -0.15) is 5.10 Å². The number of hydrogen-bond donors (Lipinski definition) is 0. The number of likely N-dealkylation sites (tertiary alicyclic amines) is 1. The van der Waals surface area contributed by atoms with Crippen LogP contribution in [0.1, 0.15) is 40.5 Å². The fraction of sp³-hybridized carbons (Fsp3) is 0.412. The molecule has 25 heavy (non-hydrogen) atoms. The van der Waals surface area contributed by atoms with Gasteiger partial charge >= 0.3 is 0 Å². The number of carbonyl (C=O) groups is 1. The number of carbonyl (C=O) groups excluding carboxylic acids is 1. The van der Waals surface area contributed by atoms with Gasteiger partial charge in [0.2, 0.25) is 5.88 Å². The third kappa shape index (κ3) is 2.45. The SMILES string of the molecule is COc1c(C2CCCN2C(=O)c2ccc3nncn3c2)c(C)nn1C. The zero-order valence-electron chi connectivity index (χ0n) is 14.5. The molecule has 8 heteroatoms. The fourth-order valence-corrected chi connectivity index (χ4v) is 3.71. The van der Waals surface area contributed by atoms with Gasteiger partial charge in [-0.25, -0.2) is 4.68 Å². The number of aromatic nitrogens is 5. The van der Waals surface area contributed by atoms with E-state index in [1.54, 1.807) is 40.8 Å². The molecule has 130 valence electrons. The molecular formula is C17H20N6O2. The molecule has 1 amide bonds. The summed E-state index contributed by atoms with van der Waals surface area (Å²) in [5, 5.41) is 12.3. The number of fused-ring (bicyclic) bond motifs is 1. The Kier molecular flexibility index (Phi) is 3.67. The first-order valence-corrected chi connectivity index (χ1v) is 8.28. The average molecular weight is 340 g/mol. The lowest BCUT2D eigenvalue weighted by Gasteiger charge is -2.25. The molecule has 0 spiro atoms. The van der Waals surface area contributed by atoms with Gasteiger partial charge in [-0.3, -0.25) is 9.20 Å². The van der Waals surface area contributed by atoms with Crippen LogP contribution in [-0.4, -0.2) is 48.8 Å². The Bertz CT molecular complexity index is 944. The van der Waals surface area contributed by atoms with Crippen molar-refractivity contribution in [2.75, 3.05) is 13.7 Å². The van der Waals surface area contributed by atoms with Crippen molar-refractivity contribution in [2.24, 2.45) is 7.05 Å². The second kappa shape index (κ2) is 5.87. The summed E-state index contributed by atoms with van der Waals surface area (Å²) in [6.45, 7) is 2.68. The normalized spacial score (nSPS) is 17.4. The van der Waals surface area contributed by atoms with Crippen molar-refractivity contribution in [3.8, 4) is 5.88 Å². The van der Waals surface area contributed by atoms with Gasteiger partial charge in [0, 0.05) is 19.8 Å². The quantitative estimate of drug-likeness (QED) is 0.726. The summed E-state index contributed by atoms with van der Waals surface area (Å²) in [7, 11) is 3.50. The van der Waals surface area contributed by atoms with Crippen molar-refractivity contribution >= 4 is 11.6 Å². The molecule has 0 bridgehead atoms. The highest BCUT2D eigenvalue weighted by Gasteiger charge is 2.35. The minimum absolute atomic E-state index is 0.00315. The molecule has 3 aromatic rings. The Labute approximate surface area is 145 Å². The van der Waals surface area contributed by atoms with E-state index in [0.29, 0.717) is 5.56 Å². The average Bonchev–Trinajstić information content (AvgIpc) is 3.31. The van der Waals surface area contributed by atoms with Gasteiger partial charge in [0.25, 0.3) is 5.91 Å². The highest BCUT2D eigenvalue weighted by Crippen LogP contribution is 2.39. The van der Waals surface area contributed by atoms with Crippen LogP contribution in [0.4, 0.5) is 0 Å². The molecule has 1 unspecified atom stereocenters. The predicted molar refractivity (Wildman–Crippen MR) is 90.5 cm³/mol. The number of hydrogen-bond acceptors (Lipinski definition) is 5. The van der Waals surface area contributed by atoms with E-state index in [-0.39, 0.29) is 11.9 Å². The van der Waals surface area contributed by atoms with E-state index in [4.69, 9.17) is 4.74 Å². The summed E-state index contributed by atoms with van der Waals surface area (Å²) in [6.07, 6.45) is 5.24. The molecule has 0 saturated carbocycles. The lowest BCUT2D eigenvalue weighted by atomic mass is 10.0. The van der Waals surface area contributed by atoms with Crippen molar-refractivity contribution in [1.82, 2.24) is 29.3 Å². The van der Waals surface area contributed by atoms with Crippen LogP contribution >= 0.6 is 0 Å². The molecule has 0 aromatic carbocycles. The zero-order valence-corrected chi connectivity index (χ0v) is 14.5. The van der Waals surface area contributed by atoms with E-state index in [1.165, 1.54) is 0 Å². The lowest BCUT2D eigenvalue weighted by Crippen LogP contribution is -2.31. The van der Waals surface area contributed by atoms with E-state index in [0.717, 1.165) is 42.2 Å². The van der Waals surface area contributed by atoms with Crippen molar-refractivity contribution < 1.29 is 9.53 Å². The lowest BCUT2D eigenvalue weighted by molar-refractivity contribution is 0.0733. The Morgan fingerprint density at radius 3 is 3.00 bits per heavy atom. The molecule has 4 heterocycles. The van der Waals surface area contributed by atoms with Crippen LogP contribution in [0.25, 0.3) is 5.65 Å². The highest BCUT2D eigenvalue weighted by atomic mass is 16.5. The molecule has 1 fully saturated rings. The molecule has 1 atom stereocenters. The number of methoxy groups -OCH3 is 1. The van der Waals surface area contributed by atoms with Crippen LogP contribution in [0.3, 0.4) is 0 Å². The van der Waals surface area contributed by atoms with Crippen LogP contribution < -0.4 is 4.74 Å². The van der Waals surface area contributed by atoms with Gasteiger partial charge in [-0.1, -0.05) is 0 Å². The minimum atomic E-state index is -0.0206. The fourth-order valence-electron chi connectivity index (χ4n) is 3.71. The summed E-state index contributed by atoms with van der Waals surface area (Å²) in [5.41, 5.74) is 3.25. The smallest absolute Gasteiger partial charge is 0.255 e. The van der Waals surface area contributed by atoms with Crippen LogP contribution in [0, 0.1) is 6.92 Å². The summed E-state index contributed by atoms with van der Waals surface area (Å²) in [4.78, 5) is 15.0. The zero-order chi connectivity index (χ0) is 17.6. The Morgan fingerprint density at radius 1 is 1.36 bits per heavy atom. The van der Waals surface area contributed by atoms with Crippen molar-refractivity contribution in [3.63, 3.8) is 0 Å². The largest absolute Gasteiger partial charge is 0.481 e. The van der Waals surface area contributed by atoms with Crippen LogP contribution in [0.2, 0.25) is 0 Å². The van der Waals surface area contributed by atoms with Crippen LogP contribution in [0.15, 0.2) is 24.7 Å². The predicted octanol–water partition coefficient (Wildman–Crippen LogP) is 1.76. The molecule has 1 saturated heterocycles.